The molecule has 0 radical (unpaired) electrons. The number of hydrogen-bond acceptors (Lipinski definition) is 2. The van der Waals surface area contributed by atoms with E-state index in [0.717, 1.165) is 26.1 Å². The van der Waals surface area contributed by atoms with Gasteiger partial charge in [-0.25, -0.2) is 0 Å². The van der Waals surface area contributed by atoms with Gasteiger partial charge < -0.3 is 10.1 Å². The van der Waals surface area contributed by atoms with Gasteiger partial charge in [-0.1, -0.05) is 6.07 Å². The van der Waals surface area contributed by atoms with Crippen molar-refractivity contribution < 1.29 is 4.74 Å². The topological polar surface area (TPSA) is 21.3 Å². The number of ether oxygens (including phenoxy) is 1. The largest absolute Gasteiger partial charge is 0.382 e. The van der Waals surface area contributed by atoms with Crippen LogP contribution in [-0.2, 0) is 17.6 Å². The minimum absolute atomic E-state index is 0.605. The van der Waals surface area contributed by atoms with E-state index in [2.05, 4.69) is 23.5 Å². The molecule has 0 atom stereocenters. The first kappa shape index (κ1) is 10.2. The van der Waals surface area contributed by atoms with Gasteiger partial charge in [-0.15, -0.1) is 0 Å². The smallest absolute Gasteiger partial charge is 0.0485 e. The van der Waals surface area contributed by atoms with Crippen molar-refractivity contribution >= 4 is 5.69 Å². The lowest BCUT2D eigenvalue weighted by atomic mass is 10.1. The molecule has 1 N–H and O–H groups in total. The van der Waals surface area contributed by atoms with Gasteiger partial charge >= 0.3 is 0 Å². The molecule has 1 heterocycles. The van der Waals surface area contributed by atoms with Crippen molar-refractivity contribution in [1.29, 1.82) is 0 Å². The van der Waals surface area contributed by atoms with E-state index in [0.29, 0.717) is 6.04 Å². The summed E-state index contributed by atoms with van der Waals surface area (Å²) in [5, 5.41) is 3.63. The van der Waals surface area contributed by atoms with Gasteiger partial charge in [0, 0.05) is 24.9 Å². The van der Waals surface area contributed by atoms with Gasteiger partial charge in [-0.3, -0.25) is 0 Å². The first-order chi connectivity index (χ1) is 7.92. The lowest BCUT2D eigenvalue weighted by molar-refractivity contribution is 0.0904. The van der Waals surface area contributed by atoms with Crippen molar-refractivity contribution in [2.75, 3.05) is 18.5 Å². The average molecular weight is 217 g/mol. The van der Waals surface area contributed by atoms with Crippen LogP contribution in [0.25, 0.3) is 0 Å². The summed E-state index contributed by atoms with van der Waals surface area (Å²) in [6.07, 6.45) is 6.13. The fraction of sp³-hybridized carbons (Fsp3) is 0.571. The lowest BCUT2D eigenvalue weighted by Gasteiger charge is -2.24. The maximum Gasteiger partial charge on any atom is 0.0485 e. The molecule has 2 nitrogen and oxygen atoms in total. The van der Waals surface area contributed by atoms with Crippen molar-refractivity contribution in [3.63, 3.8) is 0 Å². The molecule has 0 spiro atoms. The Morgan fingerprint density at radius 1 is 1.06 bits per heavy atom. The predicted octanol–water partition coefficient (Wildman–Crippen LogP) is 2.77. The van der Waals surface area contributed by atoms with Crippen LogP contribution in [-0.4, -0.2) is 19.3 Å². The summed E-state index contributed by atoms with van der Waals surface area (Å²) in [6, 6.07) is 7.48. The molecular weight excluding hydrogens is 198 g/mol. The molecule has 0 aromatic heterocycles. The highest BCUT2D eigenvalue weighted by Crippen LogP contribution is 2.25. The average Bonchev–Trinajstić information content (AvgIpc) is 2.77. The monoisotopic (exact) mass is 217 g/mol. The van der Waals surface area contributed by atoms with Gasteiger partial charge in [-0.2, -0.15) is 0 Å². The maximum absolute atomic E-state index is 5.37. The second-order valence-electron chi connectivity index (χ2n) is 4.87. The van der Waals surface area contributed by atoms with Gasteiger partial charge in [0.1, 0.15) is 0 Å². The van der Waals surface area contributed by atoms with Gasteiger partial charge in [0.05, 0.1) is 0 Å². The Hall–Kier alpha value is -1.02. The quantitative estimate of drug-likeness (QED) is 0.822. The standard InChI is InChI=1S/C14H19NO/c1-2-11-4-5-14(10-12(11)3-1)15-13-6-8-16-9-7-13/h4-5,10,13,15H,1-3,6-9H2. The van der Waals surface area contributed by atoms with Crippen LogP contribution >= 0.6 is 0 Å². The highest BCUT2D eigenvalue weighted by atomic mass is 16.5. The molecule has 1 aromatic carbocycles. The third-order valence-corrected chi connectivity index (χ3v) is 3.69. The highest BCUT2D eigenvalue weighted by Gasteiger charge is 2.15. The zero-order chi connectivity index (χ0) is 10.8. The molecule has 3 rings (SSSR count). The van der Waals surface area contributed by atoms with Crippen molar-refractivity contribution in [2.45, 2.75) is 38.1 Å². The first-order valence-corrected chi connectivity index (χ1v) is 6.38. The molecule has 0 unspecified atom stereocenters. The van der Waals surface area contributed by atoms with Crippen LogP contribution in [0.3, 0.4) is 0 Å². The molecule has 2 heteroatoms. The Balaban J connectivity index is 1.69. The fourth-order valence-electron chi connectivity index (χ4n) is 2.74. The second-order valence-corrected chi connectivity index (χ2v) is 4.87. The Morgan fingerprint density at radius 3 is 2.75 bits per heavy atom. The summed E-state index contributed by atoms with van der Waals surface area (Å²) in [5.74, 6) is 0. The zero-order valence-electron chi connectivity index (χ0n) is 9.67. The summed E-state index contributed by atoms with van der Waals surface area (Å²) in [4.78, 5) is 0. The third-order valence-electron chi connectivity index (χ3n) is 3.69. The Kier molecular flexibility index (Phi) is 2.83. The van der Waals surface area contributed by atoms with Crippen LogP contribution in [0.15, 0.2) is 18.2 Å². The normalized spacial score (nSPS) is 20.8. The zero-order valence-corrected chi connectivity index (χ0v) is 9.67. The predicted molar refractivity (Wildman–Crippen MR) is 65.9 cm³/mol. The SMILES string of the molecule is c1cc2c(cc1NC1CCOCC1)CCC2. The van der Waals surface area contributed by atoms with Crippen molar-refractivity contribution in [1.82, 2.24) is 0 Å². The summed E-state index contributed by atoms with van der Waals surface area (Å²) in [6.45, 7) is 1.81. The summed E-state index contributed by atoms with van der Waals surface area (Å²) in [7, 11) is 0. The Morgan fingerprint density at radius 2 is 1.88 bits per heavy atom. The van der Waals surface area contributed by atoms with E-state index in [1.54, 1.807) is 11.1 Å². The maximum atomic E-state index is 5.37. The van der Waals surface area contributed by atoms with E-state index in [-0.39, 0.29) is 0 Å². The van der Waals surface area contributed by atoms with E-state index in [9.17, 15) is 0 Å². The van der Waals surface area contributed by atoms with Crippen LogP contribution in [0, 0.1) is 0 Å². The number of hydrogen-bond donors (Lipinski definition) is 1. The fourth-order valence-corrected chi connectivity index (χ4v) is 2.74. The molecular formula is C14H19NO. The van der Waals surface area contributed by atoms with E-state index in [4.69, 9.17) is 4.74 Å². The molecule has 86 valence electrons. The minimum atomic E-state index is 0.605. The van der Waals surface area contributed by atoms with Gasteiger partial charge in [-0.05, 0) is 55.4 Å². The number of anilines is 1. The summed E-state index contributed by atoms with van der Waals surface area (Å²) < 4.78 is 5.37. The number of benzene rings is 1. The molecule has 1 fully saturated rings. The first-order valence-electron chi connectivity index (χ1n) is 6.38. The third kappa shape index (κ3) is 2.07. The van der Waals surface area contributed by atoms with Crippen LogP contribution in [0.1, 0.15) is 30.4 Å². The minimum Gasteiger partial charge on any atom is -0.382 e. The van der Waals surface area contributed by atoms with Crippen LogP contribution in [0.5, 0.6) is 0 Å². The second kappa shape index (κ2) is 4.46. The van der Waals surface area contributed by atoms with Gasteiger partial charge in [0.15, 0.2) is 0 Å². The molecule has 0 bridgehead atoms. The molecule has 1 aromatic rings. The lowest BCUT2D eigenvalue weighted by Crippen LogP contribution is -2.27. The van der Waals surface area contributed by atoms with Gasteiger partial charge in [0.2, 0.25) is 0 Å². The molecule has 1 aliphatic carbocycles. The molecule has 0 amide bonds. The number of nitrogens with one attached hydrogen (secondary N) is 1. The van der Waals surface area contributed by atoms with Crippen LogP contribution in [0.2, 0.25) is 0 Å². The molecule has 1 aliphatic heterocycles. The number of rotatable bonds is 2. The van der Waals surface area contributed by atoms with Crippen LogP contribution < -0.4 is 5.32 Å². The summed E-state index contributed by atoms with van der Waals surface area (Å²) >= 11 is 0. The Labute approximate surface area is 97.0 Å². The molecule has 16 heavy (non-hydrogen) atoms. The van der Waals surface area contributed by atoms with E-state index >= 15 is 0 Å². The number of aryl methyl sites for hydroxylation is 2. The van der Waals surface area contributed by atoms with E-state index in [1.165, 1.54) is 24.9 Å². The van der Waals surface area contributed by atoms with Crippen molar-refractivity contribution in [3.05, 3.63) is 29.3 Å². The van der Waals surface area contributed by atoms with E-state index in [1.807, 2.05) is 0 Å². The van der Waals surface area contributed by atoms with E-state index < -0.39 is 0 Å². The number of fused-ring (bicyclic) bond motifs is 1. The molecule has 2 aliphatic rings. The summed E-state index contributed by atoms with van der Waals surface area (Å²) in [5.41, 5.74) is 4.40. The Bertz CT molecular complexity index is 369. The van der Waals surface area contributed by atoms with Crippen LogP contribution in [0.4, 0.5) is 5.69 Å². The molecule has 0 saturated carbocycles. The highest BCUT2D eigenvalue weighted by molar-refractivity contribution is 5.50. The van der Waals surface area contributed by atoms with Crippen molar-refractivity contribution in [2.24, 2.45) is 0 Å². The van der Waals surface area contributed by atoms with Gasteiger partial charge in [0.25, 0.3) is 0 Å². The molecule has 1 saturated heterocycles. The van der Waals surface area contributed by atoms with Crippen molar-refractivity contribution in [3.8, 4) is 0 Å².